The summed E-state index contributed by atoms with van der Waals surface area (Å²) in [4.78, 5) is 18.4. The zero-order valence-electron chi connectivity index (χ0n) is 20.4. The smallest absolute Gasteiger partial charge is 0.354 e. The van der Waals surface area contributed by atoms with Crippen molar-refractivity contribution in [2.45, 2.75) is 38.4 Å². The Bertz CT molecular complexity index is 1670. The monoisotopic (exact) mass is 500 g/mol. The van der Waals surface area contributed by atoms with Gasteiger partial charge in [-0.15, -0.1) is 0 Å². The Morgan fingerprint density at radius 1 is 0.892 bits per heavy atom. The summed E-state index contributed by atoms with van der Waals surface area (Å²) in [5, 5.41) is 36.3. The molecule has 0 amide bonds. The van der Waals surface area contributed by atoms with Crippen LogP contribution in [0.3, 0.4) is 0 Å². The number of aryl methyl sites for hydroxylation is 2. The van der Waals surface area contributed by atoms with Gasteiger partial charge in [0.15, 0.2) is 6.23 Å². The van der Waals surface area contributed by atoms with Gasteiger partial charge in [0.1, 0.15) is 24.6 Å². The van der Waals surface area contributed by atoms with E-state index in [-0.39, 0.29) is 5.95 Å². The van der Waals surface area contributed by atoms with Crippen LogP contribution in [0.4, 0.5) is 5.95 Å². The molecule has 0 radical (unpaired) electrons. The maximum Gasteiger partial charge on any atom is 0.354 e. The molecule has 2 heterocycles. The number of aliphatic hydroxyl groups excluding tert-OH is 3. The van der Waals surface area contributed by atoms with Crippen molar-refractivity contribution in [3.63, 3.8) is 0 Å². The average molecular weight is 501 g/mol. The summed E-state index contributed by atoms with van der Waals surface area (Å²) in [7, 11) is 0. The van der Waals surface area contributed by atoms with Crippen LogP contribution in [0.2, 0.25) is 0 Å². The van der Waals surface area contributed by atoms with Gasteiger partial charge in [-0.3, -0.25) is 4.57 Å². The Balaban J connectivity index is 0.000000154. The number of ether oxygens (including phenoxy) is 1. The van der Waals surface area contributed by atoms with Gasteiger partial charge in [-0.05, 0) is 57.3 Å². The molecule has 0 spiro atoms. The van der Waals surface area contributed by atoms with Gasteiger partial charge in [0.05, 0.1) is 6.61 Å². The number of nitrogens with two attached hydrogens (primary N) is 1. The molecule has 5 N–H and O–H groups in total. The molecule has 1 aliphatic heterocycles. The van der Waals surface area contributed by atoms with Gasteiger partial charge in [0, 0.05) is 0 Å². The van der Waals surface area contributed by atoms with E-state index in [1.165, 1.54) is 43.4 Å². The molecule has 4 aromatic carbocycles. The number of rotatable bonds is 2. The Labute approximate surface area is 212 Å². The van der Waals surface area contributed by atoms with E-state index >= 15 is 0 Å². The average Bonchev–Trinajstić information content (AvgIpc) is 3.20. The summed E-state index contributed by atoms with van der Waals surface area (Å²) in [6, 6.07) is 21.9. The minimum Gasteiger partial charge on any atom is -0.394 e. The highest BCUT2D eigenvalue weighted by atomic mass is 16.6. The third-order valence-corrected chi connectivity index (χ3v) is 6.98. The fraction of sp³-hybridized carbons (Fsp3) is 0.250. The Hall–Kier alpha value is -3.89. The Morgan fingerprint density at radius 2 is 1.54 bits per heavy atom. The van der Waals surface area contributed by atoms with E-state index in [1.807, 2.05) is 0 Å². The van der Waals surface area contributed by atoms with Gasteiger partial charge in [-0.1, -0.05) is 60.7 Å². The summed E-state index contributed by atoms with van der Waals surface area (Å²) in [6.45, 7) is 4.01. The second-order valence-electron chi connectivity index (χ2n) is 9.14. The molecule has 4 atom stereocenters. The zero-order chi connectivity index (χ0) is 26.3. The summed E-state index contributed by atoms with van der Waals surface area (Å²) >= 11 is 0. The molecule has 0 aliphatic carbocycles. The topological polar surface area (TPSA) is 144 Å². The second kappa shape index (κ2) is 9.87. The van der Waals surface area contributed by atoms with Crippen molar-refractivity contribution in [3.05, 3.63) is 88.6 Å². The maximum absolute atomic E-state index is 11.5. The SMILES string of the molecule is Cc1c2ccccc2c(C)c2c1ccc1ccccc12.Nc1ncn([C@@H]2O[C@H](CO)[C@@H](O)[C@H]2O)c(=O)n1. The molecule has 5 aromatic rings. The van der Waals surface area contributed by atoms with Gasteiger partial charge in [-0.25, -0.2) is 9.78 Å². The first kappa shape index (κ1) is 24.8. The van der Waals surface area contributed by atoms with Crippen molar-refractivity contribution >= 4 is 38.3 Å². The summed E-state index contributed by atoms with van der Waals surface area (Å²) in [6.07, 6.45) is -3.67. The number of aromatic nitrogens is 3. The molecule has 1 fully saturated rings. The van der Waals surface area contributed by atoms with Crippen LogP contribution in [0.15, 0.2) is 71.8 Å². The first-order chi connectivity index (χ1) is 17.8. The minimum atomic E-state index is -1.35. The first-order valence-electron chi connectivity index (χ1n) is 11.9. The summed E-state index contributed by atoms with van der Waals surface area (Å²) in [5.41, 5.74) is 7.22. The molecule has 1 saturated heterocycles. The molecule has 9 heteroatoms. The number of benzene rings is 4. The fourth-order valence-electron chi connectivity index (χ4n) is 5.04. The number of fused-ring (bicyclic) bond motifs is 4. The van der Waals surface area contributed by atoms with Crippen LogP contribution in [-0.4, -0.2) is 54.8 Å². The van der Waals surface area contributed by atoms with Crippen LogP contribution in [-0.2, 0) is 4.74 Å². The zero-order valence-corrected chi connectivity index (χ0v) is 20.4. The van der Waals surface area contributed by atoms with Gasteiger partial charge in [-0.2, -0.15) is 4.98 Å². The molecule has 190 valence electrons. The van der Waals surface area contributed by atoms with Crippen molar-refractivity contribution in [3.8, 4) is 0 Å². The third kappa shape index (κ3) is 4.32. The number of hydrogen-bond donors (Lipinski definition) is 4. The number of nitrogen functional groups attached to an aromatic ring is 1. The molecule has 1 aromatic heterocycles. The summed E-state index contributed by atoms with van der Waals surface area (Å²) < 4.78 is 6.04. The van der Waals surface area contributed by atoms with Crippen LogP contribution >= 0.6 is 0 Å². The van der Waals surface area contributed by atoms with Crippen molar-refractivity contribution in [1.29, 1.82) is 0 Å². The molecule has 37 heavy (non-hydrogen) atoms. The van der Waals surface area contributed by atoms with E-state index in [4.69, 9.17) is 15.6 Å². The summed E-state index contributed by atoms with van der Waals surface area (Å²) in [5.74, 6) is -0.196. The molecule has 0 unspecified atom stereocenters. The van der Waals surface area contributed by atoms with E-state index in [0.717, 1.165) is 10.9 Å². The van der Waals surface area contributed by atoms with Crippen molar-refractivity contribution in [2.24, 2.45) is 0 Å². The van der Waals surface area contributed by atoms with E-state index in [1.54, 1.807) is 0 Å². The number of aliphatic hydroxyl groups is 3. The Morgan fingerprint density at radius 3 is 2.19 bits per heavy atom. The van der Waals surface area contributed by atoms with Crippen LogP contribution < -0.4 is 11.4 Å². The highest BCUT2D eigenvalue weighted by Crippen LogP contribution is 2.36. The number of anilines is 1. The maximum atomic E-state index is 11.5. The standard InChI is InChI=1S/C20H16.C8H12N4O5/c1-13-16-8-5-6-9-17(16)14(2)20-18(13)12-11-15-7-3-4-10-19(15)20;9-7-10-2-12(8(16)11-7)6-5(15)4(14)3(1-13)17-6/h3-12H,1-2H3;2-6,13-15H,1H2,(H2,9,11,16)/t;3-,4-,5-,6-/m.1/s1. The highest BCUT2D eigenvalue weighted by Gasteiger charge is 2.43. The first-order valence-corrected chi connectivity index (χ1v) is 11.9. The number of hydrogen-bond acceptors (Lipinski definition) is 8. The molecular formula is C28H28N4O5. The second-order valence-corrected chi connectivity index (χ2v) is 9.14. The van der Waals surface area contributed by atoms with E-state index in [2.05, 4.69) is 84.5 Å². The lowest BCUT2D eigenvalue weighted by Gasteiger charge is -2.16. The predicted octanol–water partition coefficient (Wildman–Crippen LogP) is 2.60. The van der Waals surface area contributed by atoms with Crippen LogP contribution in [0.25, 0.3) is 32.3 Å². The quantitative estimate of drug-likeness (QED) is 0.214. The molecule has 0 saturated carbocycles. The normalized spacial score (nSPS) is 21.3. The van der Waals surface area contributed by atoms with Gasteiger partial charge >= 0.3 is 5.69 Å². The van der Waals surface area contributed by atoms with Crippen molar-refractivity contribution in [2.75, 3.05) is 12.3 Å². The van der Waals surface area contributed by atoms with Crippen molar-refractivity contribution in [1.82, 2.24) is 14.5 Å². The molecule has 0 bridgehead atoms. The molecule has 9 nitrogen and oxygen atoms in total. The van der Waals surface area contributed by atoms with E-state index in [0.29, 0.717) is 0 Å². The van der Waals surface area contributed by atoms with Gasteiger partial charge < -0.3 is 25.8 Å². The highest BCUT2D eigenvalue weighted by molar-refractivity contribution is 6.16. The lowest BCUT2D eigenvalue weighted by Crippen LogP contribution is -2.36. The molecular weight excluding hydrogens is 472 g/mol. The fourth-order valence-corrected chi connectivity index (χ4v) is 5.04. The van der Waals surface area contributed by atoms with Crippen molar-refractivity contribution < 1.29 is 20.1 Å². The van der Waals surface area contributed by atoms with Gasteiger partial charge in [0.25, 0.3) is 0 Å². The molecule has 1 aliphatic rings. The largest absolute Gasteiger partial charge is 0.394 e. The molecule has 6 rings (SSSR count). The number of nitrogens with zero attached hydrogens (tertiary/aromatic N) is 3. The lowest BCUT2D eigenvalue weighted by atomic mass is 9.90. The van der Waals surface area contributed by atoms with Crippen LogP contribution in [0.5, 0.6) is 0 Å². The van der Waals surface area contributed by atoms with Gasteiger partial charge in [0.2, 0.25) is 5.95 Å². The van der Waals surface area contributed by atoms with Crippen LogP contribution in [0.1, 0.15) is 17.4 Å². The predicted molar refractivity (Wildman–Crippen MR) is 142 cm³/mol. The third-order valence-electron chi connectivity index (χ3n) is 6.98. The van der Waals surface area contributed by atoms with E-state index in [9.17, 15) is 15.0 Å². The minimum absolute atomic E-state index is 0.196. The van der Waals surface area contributed by atoms with E-state index < -0.39 is 36.8 Å². The van der Waals surface area contributed by atoms with Crippen LogP contribution in [0, 0.1) is 13.8 Å². The lowest BCUT2D eigenvalue weighted by molar-refractivity contribution is -0.0554. The Kier molecular flexibility index (Phi) is 6.61.